The van der Waals surface area contributed by atoms with Gasteiger partial charge in [-0.25, -0.2) is 4.98 Å². The highest BCUT2D eigenvalue weighted by molar-refractivity contribution is 5.94. The maximum Gasteiger partial charge on any atom is 0.241 e. The van der Waals surface area contributed by atoms with Crippen LogP contribution < -0.4 is 5.32 Å². The van der Waals surface area contributed by atoms with Gasteiger partial charge in [-0.2, -0.15) is 0 Å². The number of amides is 1. The van der Waals surface area contributed by atoms with E-state index in [0.717, 1.165) is 10.8 Å². The Hall–Kier alpha value is -2.30. The topological polar surface area (TPSA) is 65.5 Å². The highest BCUT2D eigenvalue weighted by Crippen LogP contribution is 2.24. The van der Waals surface area contributed by atoms with E-state index in [-0.39, 0.29) is 18.2 Å². The Balaban J connectivity index is 2.28. The highest BCUT2D eigenvalue weighted by Gasteiger charge is 2.07. The number of aromatic nitrogens is 1. The Labute approximate surface area is 105 Å². The second-order valence-electron chi connectivity index (χ2n) is 4.21. The van der Waals surface area contributed by atoms with E-state index in [4.69, 9.17) is 0 Å². The summed E-state index contributed by atoms with van der Waals surface area (Å²) in [4.78, 5) is 17.2. The summed E-state index contributed by atoms with van der Waals surface area (Å²) in [6.45, 7) is 0.175. The van der Waals surface area contributed by atoms with Crippen molar-refractivity contribution >= 4 is 22.5 Å². The second-order valence-corrected chi connectivity index (χ2v) is 4.21. The molecule has 1 heterocycles. The molecule has 0 atom stereocenters. The van der Waals surface area contributed by atoms with E-state index in [1.165, 1.54) is 4.90 Å². The minimum Gasteiger partial charge on any atom is -0.508 e. The van der Waals surface area contributed by atoms with E-state index in [1.54, 1.807) is 32.4 Å². The summed E-state index contributed by atoms with van der Waals surface area (Å²) in [5, 5.41) is 14.2. The lowest BCUT2D eigenvalue weighted by atomic mass is 10.1. The molecule has 18 heavy (non-hydrogen) atoms. The summed E-state index contributed by atoms with van der Waals surface area (Å²) < 4.78 is 0. The summed E-state index contributed by atoms with van der Waals surface area (Å²) in [5.74, 6) is 0.741. The zero-order valence-electron chi connectivity index (χ0n) is 10.3. The third-order valence-corrected chi connectivity index (χ3v) is 2.66. The van der Waals surface area contributed by atoms with Gasteiger partial charge in [0, 0.05) is 25.7 Å². The minimum atomic E-state index is -0.0334. The summed E-state index contributed by atoms with van der Waals surface area (Å²) in [5.41, 5.74) is 0. The first-order valence-electron chi connectivity index (χ1n) is 5.59. The van der Waals surface area contributed by atoms with Crippen molar-refractivity contribution in [2.45, 2.75) is 0 Å². The van der Waals surface area contributed by atoms with Gasteiger partial charge in [0.1, 0.15) is 11.6 Å². The maximum absolute atomic E-state index is 11.5. The van der Waals surface area contributed by atoms with Gasteiger partial charge in [0.25, 0.3) is 0 Å². The number of pyridine rings is 1. The molecule has 0 bridgehead atoms. The predicted molar refractivity (Wildman–Crippen MR) is 70.6 cm³/mol. The third-order valence-electron chi connectivity index (χ3n) is 2.66. The Bertz CT molecular complexity index is 581. The van der Waals surface area contributed by atoms with Gasteiger partial charge in [-0.3, -0.25) is 4.79 Å². The molecule has 1 aromatic heterocycles. The molecule has 2 rings (SSSR count). The summed E-state index contributed by atoms with van der Waals surface area (Å²) in [7, 11) is 3.40. The molecule has 0 aliphatic heterocycles. The Morgan fingerprint density at radius 1 is 1.39 bits per heavy atom. The van der Waals surface area contributed by atoms with Gasteiger partial charge in [-0.1, -0.05) is 6.07 Å². The van der Waals surface area contributed by atoms with E-state index in [2.05, 4.69) is 10.3 Å². The van der Waals surface area contributed by atoms with Crippen LogP contribution in [0.2, 0.25) is 0 Å². The van der Waals surface area contributed by atoms with Gasteiger partial charge in [-0.05, 0) is 23.6 Å². The van der Waals surface area contributed by atoms with Crippen molar-refractivity contribution in [3.8, 4) is 5.75 Å². The standard InChI is InChI=1S/C13H15N3O2/c1-16(2)12(18)8-15-13-11-7-10(17)4-3-9(11)5-6-14-13/h3-7,17H,8H2,1-2H3,(H,14,15). The number of hydrogen-bond acceptors (Lipinski definition) is 4. The van der Waals surface area contributed by atoms with Crippen LogP contribution in [-0.4, -0.2) is 41.5 Å². The average molecular weight is 245 g/mol. The first-order valence-corrected chi connectivity index (χ1v) is 5.59. The number of aromatic hydroxyl groups is 1. The summed E-state index contributed by atoms with van der Waals surface area (Å²) in [6, 6.07) is 6.92. The molecule has 5 heteroatoms. The Morgan fingerprint density at radius 2 is 2.17 bits per heavy atom. The number of benzene rings is 1. The van der Waals surface area contributed by atoms with E-state index < -0.39 is 0 Å². The molecule has 1 amide bonds. The molecule has 2 aromatic rings. The first kappa shape index (κ1) is 12.2. The largest absolute Gasteiger partial charge is 0.508 e. The van der Waals surface area contributed by atoms with Gasteiger partial charge in [0.2, 0.25) is 5.91 Å². The Kier molecular flexibility index (Phi) is 3.32. The van der Waals surface area contributed by atoms with Gasteiger partial charge in [0.05, 0.1) is 6.54 Å². The van der Waals surface area contributed by atoms with Crippen molar-refractivity contribution in [1.82, 2.24) is 9.88 Å². The van der Waals surface area contributed by atoms with Crippen molar-refractivity contribution < 1.29 is 9.90 Å². The molecular formula is C13H15N3O2. The molecule has 0 unspecified atom stereocenters. The molecule has 0 fully saturated rings. The van der Waals surface area contributed by atoms with Crippen LogP contribution in [0.15, 0.2) is 30.5 Å². The number of phenols is 1. The van der Waals surface area contributed by atoms with Crippen molar-refractivity contribution in [3.05, 3.63) is 30.5 Å². The third kappa shape index (κ3) is 2.51. The highest BCUT2D eigenvalue weighted by atomic mass is 16.3. The number of hydrogen-bond donors (Lipinski definition) is 2. The fourth-order valence-electron chi connectivity index (χ4n) is 1.61. The fourth-order valence-corrected chi connectivity index (χ4v) is 1.61. The zero-order chi connectivity index (χ0) is 13.1. The number of nitrogens with zero attached hydrogens (tertiary/aromatic N) is 2. The van der Waals surface area contributed by atoms with E-state index in [0.29, 0.717) is 5.82 Å². The van der Waals surface area contributed by atoms with Crippen molar-refractivity contribution in [1.29, 1.82) is 0 Å². The molecule has 0 saturated heterocycles. The van der Waals surface area contributed by atoms with Crippen LogP contribution in [0.4, 0.5) is 5.82 Å². The second kappa shape index (κ2) is 4.91. The molecule has 0 aliphatic rings. The summed E-state index contributed by atoms with van der Waals surface area (Å²) >= 11 is 0. The van der Waals surface area contributed by atoms with Crippen molar-refractivity contribution in [2.75, 3.05) is 26.0 Å². The van der Waals surface area contributed by atoms with Gasteiger partial charge < -0.3 is 15.3 Å². The summed E-state index contributed by atoms with van der Waals surface area (Å²) in [6.07, 6.45) is 1.67. The Morgan fingerprint density at radius 3 is 2.89 bits per heavy atom. The number of likely N-dealkylation sites (N-methyl/N-ethyl adjacent to an activating group) is 1. The number of phenolic OH excluding ortho intramolecular Hbond substituents is 1. The molecule has 1 aromatic carbocycles. The van der Waals surface area contributed by atoms with Crippen LogP contribution in [0, 0.1) is 0 Å². The van der Waals surface area contributed by atoms with Crippen LogP contribution in [0.5, 0.6) is 5.75 Å². The SMILES string of the molecule is CN(C)C(=O)CNc1nccc2ccc(O)cc12. The van der Waals surface area contributed by atoms with E-state index in [9.17, 15) is 9.90 Å². The van der Waals surface area contributed by atoms with Crippen LogP contribution >= 0.6 is 0 Å². The molecular weight excluding hydrogens is 230 g/mol. The molecule has 5 nitrogen and oxygen atoms in total. The van der Waals surface area contributed by atoms with Crippen molar-refractivity contribution in [3.63, 3.8) is 0 Å². The number of fused-ring (bicyclic) bond motifs is 1. The average Bonchev–Trinajstić information content (AvgIpc) is 2.35. The van der Waals surface area contributed by atoms with Crippen LogP contribution in [0.1, 0.15) is 0 Å². The molecule has 0 aliphatic carbocycles. The molecule has 0 saturated carbocycles. The molecule has 0 spiro atoms. The predicted octanol–water partition coefficient (Wildman–Crippen LogP) is 1.44. The van der Waals surface area contributed by atoms with Crippen LogP contribution in [-0.2, 0) is 4.79 Å². The lowest BCUT2D eigenvalue weighted by Gasteiger charge is -2.12. The van der Waals surface area contributed by atoms with Gasteiger partial charge >= 0.3 is 0 Å². The minimum absolute atomic E-state index is 0.0334. The normalized spacial score (nSPS) is 10.3. The van der Waals surface area contributed by atoms with Crippen LogP contribution in [0.25, 0.3) is 10.8 Å². The van der Waals surface area contributed by atoms with Gasteiger partial charge in [-0.15, -0.1) is 0 Å². The number of rotatable bonds is 3. The quantitative estimate of drug-likeness (QED) is 0.858. The van der Waals surface area contributed by atoms with Crippen LogP contribution in [0.3, 0.4) is 0 Å². The first-order chi connectivity index (χ1) is 8.58. The molecule has 0 radical (unpaired) electrons. The fraction of sp³-hybridized carbons (Fsp3) is 0.231. The maximum atomic E-state index is 11.5. The van der Waals surface area contributed by atoms with E-state index in [1.807, 2.05) is 12.1 Å². The smallest absolute Gasteiger partial charge is 0.241 e. The number of anilines is 1. The lowest BCUT2D eigenvalue weighted by molar-refractivity contribution is -0.126. The number of carbonyl (C=O) groups excluding carboxylic acids is 1. The zero-order valence-corrected chi connectivity index (χ0v) is 10.3. The van der Waals surface area contributed by atoms with Crippen molar-refractivity contribution in [2.24, 2.45) is 0 Å². The lowest BCUT2D eigenvalue weighted by Crippen LogP contribution is -2.28. The number of nitrogens with one attached hydrogen (secondary N) is 1. The monoisotopic (exact) mass is 245 g/mol. The van der Waals surface area contributed by atoms with E-state index >= 15 is 0 Å². The van der Waals surface area contributed by atoms with Gasteiger partial charge in [0.15, 0.2) is 0 Å². The molecule has 2 N–H and O–H groups in total. The molecule has 94 valence electrons. The number of carbonyl (C=O) groups is 1.